The molecule has 0 aliphatic carbocycles. The third-order valence-corrected chi connectivity index (χ3v) is 2.64. The highest BCUT2D eigenvalue weighted by atomic mass is 16.4. The van der Waals surface area contributed by atoms with E-state index in [1.54, 1.807) is 6.07 Å². The quantitative estimate of drug-likeness (QED) is 0.254. The van der Waals surface area contributed by atoms with Gasteiger partial charge in [-0.15, -0.1) is 0 Å². The minimum atomic E-state index is -2.38. The Labute approximate surface area is 132 Å². The van der Waals surface area contributed by atoms with Crippen LogP contribution < -0.4 is 10.4 Å². The molecule has 0 spiro atoms. The number of carboxylic acid groups (broad SMARTS) is 2. The first-order chi connectivity index (χ1) is 10.6. The molecule has 1 aromatic rings. The van der Waals surface area contributed by atoms with E-state index < -0.39 is 30.3 Å². The maximum atomic E-state index is 9.74. The van der Waals surface area contributed by atoms with Gasteiger partial charge in [0.1, 0.15) is 18.8 Å². The lowest BCUT2D eigenvalue weighted by Crippen LogP contribution is -2.80. The van der Waals surface area contributed by atoms with E-state index in [-0.39, 0.29) is 12.9 Å². The number of quaternary nitrogens is 1. The number of carboxylic acids is 2. The number of benzene rings is 1. The lowest BCUT2D eigenvalue weighted by Gasteiger charge is -2.13. The van der Waals surface area contributed by atoms with E-state index in [2.05, 4.69) is 0 Å². The van der Waals surface area contributed by atoms with Gasteiger partial charge in [-0.25, -0.2) is 4.79 Å². The molecule has 0 radical (unpaired) electrons. The summed E-state index contributed by atoms with van der Waals surface area (Å²) in [7, 11) is 1.85. The van der Waals surface area contributed by atoms with E-state index in [1.165, 1.54) is 12.1 Å². The van der Waals surface area contributed by atoms with Crippen LogP contribution in [0.3, 0.4) is 0 Å². The van der Waals surface area contributed by atoms with Gasteiger partial charge in [0.2, 0.25) is 0 Å². The Bertz CT molecular complexity index is 522. The largest absolute Gasteiger partial charge is 0.547 e. The number of aliphatic hydroxyl groups excluding tert-OH is 3. The summed E-state index contributed by atoms with van der Waals surface area (Å²) in [5, 5.41) is 63.6. The molecule has 3 unspecified atom stereocenters. The van der Waals surface area contributed by atoms with E-state index in [0.29, 0.717) is 12.1 Å². The first kappa shape index (κ1) is 20.6. The van der Waals surface area contributed by atoms with Crippen LogP contribution in [-0.2, 0) is 9.59 Å². The van der Waals surface area contributed by atoms with Crippen molar-refractivity contribution in [3.63, 3.8) is 0 Å². The number of nitrogens with two attached hydrogens (primary N) is 1. The van der Waals surface area contributed by atoms with E-state index in [9.17, 15) is 19.8 Å². The monoisotopic (exact) mass is 335 g/mol. The Morgan fingerprint density at radius 2 is 1.74 bits per heavy atom. The molecule has 0 saturated heterocycles. The van der Waals surface area contributed by atoms with Crippen LogP contribution in [0.25, 0.3) is 0 Å². The fourth-order valence-electron chi connectivity index (χ4n) is 1.37. The van der Waals surface area contributed by atoms with Crippen LogP contribution >= 0.6 is 0 Å². The Hall–Kier alpha value is -2.40. The van der Waals surface area contributed by atoms with E-state index in [0.717, 1.165) is 0 Å². The van der Waals surface area contributed by atoms with Crippen molar-refractivity contribution in [1.29, 1.82) is 0 Å². The molecule has 0 saturated carbocycles. The molecular formula is C13H21NO9. The molecule has 0 aromatic heterocycles. The molecule has 1 aromatic carbocycles. The number of phenolic OH excluding ortho intramolecular Hbond substituents is 2. The number of aromatic hydroxyl groups is 2. The van der Waals surface area contributed by atoms with Gasteiger partial charge in [0, 0.05) is 1.43 Å². The number of hydrogen-bond donors (Lipinski definition) is 7. The number of likely N-dealkylation sites (N-methyl/N-ethyl adjacent to an activating group) is 1. The first-order valence-electron chi connectivity index (χ1n) is 6.39. The predicted octanol–water partition coefficient (Wildman–Crippen LogP) is -3.89. The average Bonchev–Trinajstić information content (AvgIpc) is 2.49. The van der Waals surface area contributed by atoms with Crippen molar-refractivity contribution in [3.8, 4) is 11.5 Å². The van der Waals surface area contributed by atoms with Gasteiger partial charge in [0.15, 0.2) is 17.6 Å². The molecule has 0 bridgehead atoms. The number of aliphatic carboxylic acids is 2. The zero-order valence-electron chi connectivity index (χ0n) is 12.2. The SMILES string of the molecule is C[NH2+]CC(O)c1ccc(O)c(O)c1.O=C([O-])C(O)C(O)C(=O)O.[HH]. The normalized spacial score (nSPS) is 14.1. The molecule has 132 valence electrons. The molecule has 3 atom stereocenters. The number of rotatable bonds is 6. The Balaban J connectivity index is 0. The predicted molar refractivity (Wildman–Crippen MR) is 74.2 cm³/mol. The maximum absolute atomic E-state index is 9.74. The van der Waals surface area contributed by atoms with Crippen LogP contribution in [0, 0.1) is 0 Å². The topological polar surface area (TPSA) is 195 Å². The van der Waals surface area contributed by atoms with Gasteiger partial charge in [0.05, 0.1) is 13.0 Å². The fourth-order valence-corrected chi connectivity index (χ4v) is 1.37. The van der Waals surface area contributed by atoms with Crippen LogP contribution in [0.2, 0.25) is 0 Å². The highest BCUT2D eigenvalue weighted by Gasteiger charge is 2.23. The van der Waals surface area contributed by atoms with E-state index >= 15 is 0 Å². The van der Waals surface area contributed by atoms with E-state index in [4.69, 9.17) is 25.5 Å². The molecule has 0 heterocycles. The standard InChI is InChI=1S/C9H13NO3.C4H6O6.H2/c1-10-5-9(13)6-2-3-7(11)8(12)4-6;5-1(3(7)8)2(6)4(9)10;/h2-4,9-13H,5H2,1H3;1-2,5-6H,(H,7,8)(H,9,10);1H. The van der Waals surface area contributed by atoms with Gasteiger partial charge in [0.25, 0.3) is 0 Å². The smallest absolute Gasteiger partial charge is 0.335 e. The van der Waals surface area contributed by atoms with Crippen molar-refractivity contribution in [2.45, 2.75) is 18.3 Å². The molecule has 0 aliphatic rings. The number of carbonyl (C=O) groups is 2. The maximum Gasteiger partial charge on any atom is 0.335 e. The summed E-state index contributed by atoms with van der Waals surface area (Å²) in [4.78, 5) is 19.4. The highest BCUT2D eigenvalue weighted by molar-refractivity contribution is 5.82. The van der Waals surface area contributed by atoms with Gasteiger partial charge in [-0.3, -0.25) is 0 Å². The van der Waals surface area contributed by atoms with Crippen molar-refractivity contribution in [2.75, 3.05) is 13.6 Å². The minimum absolute atomic E-state index is 0. The Kier molecular flexibility index (Phi) is 8.58. The molecule has 0 aliphatic heterocycles. The summed E-state index contributed by atoms with van der Waals surface area (Å²) >= 11 is 0. The van der Waals surface area contributed by atoms with Gasteiger partial charge in [-0.2, -0.15) is 0 Å². The third-order valence-electron chi connectivity index (χ3n) is 2.64. The summed E-state index contributed by atoms with van der Waals surface area (Å²) in [5.74, 6) is -4.20. The molecule has 10 heteroatoms. The Morgan fingerprint density at radius 3 is 2.09 bits per heavy atom. The van der Waals surface area contributed by atoms with Crippen LogP contribution in [0.1, 0.15) is 13.1 Å². The summed E-state index contributed by atoms with van der Waals surface area (Å²) in [6, 6.07) is 4.32. The van der Waals surface area contributed by atoms with Gasteiger partial charge in [-0.05, 0) is 17.7 Å². The van der Waals surface area contributed by atoms with Crippen LogP contribution in [0.4, 0.5) is 0 Å². The molecular weight excluding hydrogens is 314 g/mol. The number of aliphatic hydroxyl groups is 3. The Morgan fingerprint density at radius 1 is 1.17 bits per heavy atom. The lowest BCUT2D eigenvalue weighted by atomic mass is 10.1. The van der Waals surface area contributed by atoms with Gasteiger partial charge in [-0.1, -0.05) is 6.07 Å². The molecule has 0 fully saturated rings. The van der Waals surface area contributed by atoms with Crippen molar-refractivity contribution in [2.24, 2.45) is 0 Å². The zero-order chi connectivity index (χ0) is 18.2. The average molecular weight is 335 g/mol. The number of phenols is 2. The highest BCUT2D eigenvalue weighted by Crippen LogP contribution is 2.27. The van der Waals surface area contributed by atoms with Crippen LogP contribution in [-0.4, -0.2) is 68.4 Å². The van der Waals surface area contributed by atoms with Crippen LogP contribution in [0.15, 0.2) is 18.2 Å². The van der Waals surface area contributed by atoms with Crippen molar-refractivity contribution in [3.05, 3.63) is 23.8 Å². The summed E-state index contributed by atoms with van der Waals surface area (Å²) < 4.78 is 0. The summed E-state index contributed by atoms with van der Waals surface area (Å²) in [5.41, 5.74) is 0.605. The molecule has 1 rings (SSSR count). The lowest BCUT2D eigenvalue weighted by molar-refractivity contribution is -0.634. The summed E-state index contributed by atoms with van der Waals surface area (Å²) in [6.07, 6.45) is -5.32. The van der Waals surface area contributed by atoms with E-state index in [1.807, 2.05) is 12.4 Å². The zero-order valence-corrected chi connectivity index (χ0v) is 12.2. The molecule has 23 heavy (non-hydrogen) atoms. The second-order valence-electron chi connectivity index (χ2n) is 4.45. The fraction of sp³-hybridized carbons (Fsp3) is 0.385. The molecule has 0 amide bonds. The summed E-state index contributed by atoms with van der Waals surface area (Å²) in [6.45, 7) is 0.532. The van der Waals surface area contributed by atoms with Gasteiger partial charge < -0.3 is 45.9 Å². The minimum Gasteiger partial charge on any atom is -0.547 e. The van der Waals surface area contributed by atoms with Crippen molar-refractivity contribution >= 4 is 11.9 Å². The number of hydrogen-bond acceptors (Lipinski definition) is 8. The van der Waals surface area contributed by atoms with Gasteiger partial charge >= 0.3 is 5.97 Å². The van der Waals surface area contributed by atoms with Crippen molar-refractivity contribution < 1.29 is 52.1 Å². The van der Waals surface area contributed by atoms with Crippen molar-refractivity contribution in [1.82, 2.24) is 0 Å². The molecule has 8 N–H and O–H groups in total. The third kappa shape index (κ3) is 6.93. The second-order valence-corrected chi connectivity index (χ2v) is 4.45. The van der Waals surface area contributed by atoms with Crippen LogP contribution in [0.5, 0.6) is 11.5 Å². The molecule has 10 nitrogen and oxygen atoms in total. The first-order valence-corrected chi connectivity index (χ1v) is 6.39. The second kappa shape index (κ2) is 9.58. The number of carbonyl (C=O) groups excluding carboxylic acids is 1.